The van der Waals surface area contributed by atoms with E-state index in [0.29, 0.717) is 5.92 Å². The van der Waals surface area contributed by atoms with Gasteiger partial charge in [-0.1, -0.05) is 36.8 Å². The normalized spacial score (nSPS) is 17.0. The van der Waals surface area contributed by atoms with Crippen molar-refractivity contribution in [2.75, 3.05) is 11.9 Å². The lowest BCUT2D eigenvalue weighted by Gasteiger charge is -2.26. The molecule has 1 fully saturated rings. The highest BCUT2D eigenvalue weighted by Gasteiger charge is 2.21. The number of fused-ring (bicyclic) bond motifs is 1. The molecule has 106 valence electrons. The zero-order valence-corrected chi connectivity index (χ0v) is 12.1. The zero-order valence-electron chi connectivity index (χ0n) is 12.1. The van der Waals surface area contributed by atoms with Gasteiger partial charge in [-0.05, 0) is 48.4 Å². The van der Waals surface area contributed by atoms with E-state index in [4.69, 9.17) is 0 Å². The van der Waals surface area contributed by atoms with Gasteiger partial charge in [-0.2, -0.15) is 0 Å². The van der Waals surface area contributed by atoms with Crippen molar-refractivity contribution in [2.24, 2.45) is 0 Å². The first kappa shape index (κ1) is 12.6. The quantitative estimate of drug-likeness (QED) is 0.854. The minimum absolute atomic E-state index is 0.132. The Balaban J connectivity index is 1.65. The molecule has 2 aromatic carbocycles. The summed E-state index contributed by atoms with van der Waals surface area (Å²) in [5.41, 5.74) is 5.36. The van der Waals surface area contributed by atoms with Crippen LogP contribution in [-0.2, 0) is 6.42 Å². The first-order valence-electron chi connectivity index (χ1n) is 7.83. The average Bonchev–Trinajstić information content (AvgIpc) is 2.92. The second kappa shape index (κ2) is 5.03. The summed E-state index contributed by atoms with van der Waals surface area (Å²) in [6, 6.07) is 14.2. The smallest absolute Gasteiger partial charge is 0.193 e. The van der Waals surface area contributed by atoms with Crippen LogP contribution >= 0.6 is 0 Å². The first-order valence-corrected chi connectivity index (χ1v) is 7.83. The molecule has 21 heavy (non-hydrogen) atoms. The summed E-state index contributed by atoms with van der Waals surface area (Å²) in [6.07, 6.45) is 4.90. The molecule has 0 saturated heterocycles. The summed E-state index contributed by atoms with van der Waals surface area (Å²) in [7, 11) is 0. The minimum Gasteiger partial charge on any atom is -0.384 e. The number of ketones is 1. The van der Waals surface area contributed by atoms with E-state index in [1.165, 1.54) is 30.4 Å². The van der Waals surface area contributed by atoms with Gasteiger partial charge in [0.2, 0.25) is 0 Å². The van der Waals surface area contributed by atoms with E-state index in [0.717, 1.165) is 29.8 Å². The van der Waals surface area contributed by atoms with Crippen molar-refractivity contribution in [1.29, 1.82) is 0 Å². The topological polar surface area (TPSA) is 29.1 Å². The highest BCUT2D eigenvalue weighted by Crippen LogP contribution is 2.36. The molecule has 2 heteroatoms. The number of carbonyl (C=O) groups is 1. The van der Waals surface area contributed by atoms with Gasteiger partial charge >= 0.3 is 0 Å². The highest BCUT2D eigenvalue weighted by molar-refractivity contribution is 6.09. The molecule has 0 aromatic heterocycles. The van der Waals surface area contributed by atoms with Crippen molar-refractivity contribution in [3.8, 4) is 0 Å². The van der Waals surface area contributed by atoms with Gasteiger partial charge < -0.3 is 5.32 Å². The lowest BCUT2D eigenvalue weighted by atomic mass is 9.79. The number of hydrogen-bond donors (Lipinski definition) is 1. The van der Waals surface area contributed by atoms with Crippen LogP contribution in [0.3, 0.4) is 0 Å². The maximum atomic E-state index is 12.7. The zero-order chi connectivity index (χ0) is 14.2. The molecule has 1 heterocycles. The molecule has 1 N–H and O–H groups in total. The molecular formula is C19H19NO. The molecule has 0 bridgehead atoms. The fourth-order valence-electron chi connectivity index (χ4n) is 3.27. The van der Waals surface area contributed by atoms with Crippen molar-refractivity contribution in [3.63, 3.8) is 0 Å². The number of anilines is 1. The Bertz CT molecular complexity index is 700. The Hall–Kier alpha value is -2.09. The molecule has 2 aliphatic rings. The fourth-order valence-corrected chi connectivity index (χ4v) is 3.27. The Morgan fingerprint density at radius 1 is 1.05 bits per heavy atom. The fraction of sp³-hybridized carbons (Fsp3) is 0.316. The molecular weight excluding hydrogens is 258 g/mol. The number of carbonyl (C=O) groups excluding carboxylic acids is 1. The van der Waals surface area contributed by atoms with Crippen molar-refractivity contribution in [1.82, 2.24) is 0 Å². The van der Waals surface area contributed by atoms with Gasteiger partial charge in [0.15, 0.2) is 5.78 Å². The molecule has 1 aliphatic carbocycles. The van der Waals surface area contributed by atoms with Crippen LogP contribution in [0.2, 0.25) is 0 Å². The van der Waals surface area contributed by atoms with Gasteiger partial charge in [0, 0.05) is 23.4 Å². The van der Waals surface area contributed by atoms with Crippen LogP contribution in [0.1, 0.15) is 52.2 Å². The van der Waals surface area contributed by atoms with Gasteiger partial charge in [0.25, 0.3) is 0 Å². The van der Waals surface area contributed by atoms with Crippen LogP contribution in [0.5, 0.6) is 0 Å². The van der Waals surface area contributed by atoms with Crippen LogP contribution in [0, 0.1) is 0 Å². The molecule has 1 saturated carbocycles. The Kier molecular flexibility index (Phi) is 3.03. The Morgan fingerprint density at radius 2 is 1.90 bits per heavy atom. The number of nitrogens with one attached hydrogen (secondary N) is 1. The van der Waals surface area contributed by atoms with E-state index >= 15 is 0 Å². The maximum absolute atomic E-state index is 12.7. The summed E-state index contributed by atoms with van der Waals surface area (Å²) >= 11 is 0. The molecule has 0 atom stereocenters. The molecule has 2 aromatic rings. The summed E-state index contributed by atoms with van der Waals surface area (Å²) in [6.45, 7) is 0.976. The summed E-state index contributed by atoms with van der Waals surface area (Å²) in [5.74, 6) is 0.798. The van der Waals surface area contributed by atoms with E-state index in [2.05, 4.69) is 23.5 Å². The lowest BCUT2D eigenvalue weighted by molar-refractivity contribution is 0.103. The molecule has 4 rings (SSSR count). The standard InChI is InChI=1S/C19H19NO/c21-19(17-8-7-14-9-10-20-18(14)12-17)16-6-2-5-15(11-16)13-3-1-4-13/h2,5-8,11-13,20H,1,3-4,9-10H2. The molecule has 2 nitrogen and oxygen atoms in total. The van der Waals surface area contributed by atoms with E-state index in [9.17, 15) is 4.79 Å². The number of benzene rings is 2. The molecule has 0 radical (unpaired) electrons. The van der Waals surface area contributed by atoms with Crippen molar-refractivity contribution >= 4 is 11.5 Å². The van der Waals surface area contributed by atoms with Gasteiger partial charge in [-0.15, -0.1) is 0 Å². The van der Waals surface area contributed by atoms with Crippen molar-refractivity contribution in [2.45, 2.75) is 31.6 Å². The molecule has 0 spiro atoms. The van der Waals surface area contributed by atoms with E-state index in [1.54, 1.807) is 0 Å². The monoisotopic (exact) mass is 277 g/mol. The summed E-state index contributed by atoms with van der Waals surface area (Å²) < 4.78 is 0. The molecule has 1 aliphatic heterocycles. The first-order chi connectivity index (χ1) is 10.3. The Morgan fingerprint density at radius 3 is 2.71 bits per heavy atom. The van der Waals surface area contributed by atoms with Crippen LogP contribution in [-0.4, -0.2) is 12.3 Å². The van der Waals surface area contributed by atoms with Crippen LogP contribution < -0.4 is 5.32 Å². The molecule has 0 amide bonds. The van der Waals surface area contributed by atoms with Crippen molar-refractivity contribution in [3.05, 3.63) is 64.7 Å². The second-order valence-corrected chi connectivity index (χ2v) is 6.13. The third-order valence-electron chi connectivity index (χ3n) is 4.81. The third kappa shape index (κ3) is 2.25. The van der Waals surface area contributed by atoms with Crippen molar-refractivity contribution < 1.29 is 4.79 Å². The minimum atomic E-state index is 0.132. The van der Waals surface area contributed by atoms with Gasteiger partial charge in [-0.25, -0.2) is 0 Å². The average molecular weight is 277 g/mol. The predicted molar refractivity (Wildman–Crippen MR) is 85.1 cm³/mol. The number of hydrogen-bond acceptors (Lipinski definition) is 2. The van der Waals surface area contributed by atoms with Gasteiger partial charge in [0.05, 0.1) is 0 Å². The SMILES string of the molecule is O=C(c1cccc(C2CCC2)c1)c1ccc2c(c1)NCC2. The summed E-state index contributed by atoms with van der Waals surface area (Å²) in [5, 5.41) is 3.34. The lowest BCUT2D eigenvalue weighted by Crippen LogP contribution is -2.10. The predicted octanol–water partition coefficient (Wildman–Crippen LogP) is 4.15. The van der Waals surface area contributed by atoms with E-state index in [1.807, 2.05) is 24.3 Å². The molecule has 0 unspecified atom stereocenters. The summed E-state index contributed by atoms with van der Waals surface area (Å²) in [4.78, 5) is 12.7. The second-order valence-electron chi connectivity index (χ2n) is 6.13. The van der Waals surface area contributed by atoms with E-state index < -0.39 is 0 Å². The van der Waals surface area contributed by atoms with Crippen LogP contribution in [0.4, 0.5) is 5.69 Å². The largest absolute Gasteiger partial charge is 0.384 e. The Labute approximate surface area is 125 Å². The number of rotatable bonds is 3. The van der Waals surface area contributed by atoms with Gasteiger partial charge in [-0.3, -0.25) is 4.79 Å². The highest BCUT2D eigenvalue weighted by atomic mass is 16.1. The van der Waals surface area contributed by atoms with Gasteiger partial charge in [0.1, 0.15) is 0 Å². The van der Waals surface area contributed by atoms with Crippen LogP contribution in [0.25, 0.3) is 0 Å². The van der Waals surface area contributed by atoms with Crippen LogP contribution in [0.15, 0.2) is 42.5 Å². The van der Waals surface area contributed by atoms with E-state index in [-0.39, 0.29) is 5.78 Å². The third-order valence-corrected chi connectivity index (χ3v) is 4.81. The maximum Gasteiger partial charge on any atom is 0.193 e.